The molecule has 8 nitrogen and oxygen atoms in total. The number of rotatable bonds is 5. The van der Waals surface area contributed by atoms with E-state index in [1.807, 2.05) is 0 Å². The first-order chi connectivity index (χ1) is 12.7. The number of nitrogens with one attached hydrogen (secondary N) is 1. The van der Waals surface area contributed by atoms with Gasteiger partial charge in [0.1, 0.15) is 5.60 Å². The fraction of sp³-hybridized carbons (Fsp3) is 0.474. The largest absolute Gasteiger partial charge is 0.444 e. The first kappa shape index (κ1) is 18.9. The first-order valence-electron chi connectivity index (χ1n) is 8.84. The summed E-state index contributed by atoms with van der Waals surface area (Å²) in [6.07, 6.45) is 0.978. The fourth-order valence-electron chi connectivity index (χ4n) is 2.86. The van der Waals surface area contributed by atoms with Crippen molar-refractivity contribution in [3.63, 3.8) is 0 Å². The molecule has 1 aromatic rings. The maximum absolute atomic E-state index is 12.3. The summed E-state index contributed by atoms with van der Waals surface area (Å²) in [7, 11) is 0. The van der Waals surface area contributed by atoms with Crippen LogP contribution in [0.1, 0.15) is 60.7 Å². The Morgan fingerprint density at radius 1 is 1.15 bits per heavy atom. The van der Waals surface area contributed by atoms with E-state index in [2.05, 4.69) is 5.32 Å². The maximum Gasteiger partial charge on any atom is 0.407 e. The van der Waals surface area contributed by atoms with Crippen LogP contribution in [-0.4, -0.2) is 40.6 Å². The third-order valence-electron chi connectivity index (χ3n) is 4.23. The molecule has 0 spiro atoms. The van der Waals surface area contributed by atoms with Crippen LogP contribution < -0.4 is 5.32 Å². The molecule has 2 aliphatic rings. The van der Waals surface area contributed by atoms with Crippen LogP contribution >= 0.6 is 0 Å². The molecule has 144 valence electrons. The highest BCUT2D eigenvalue weighted by molar-refractivity contribution is 6.20. The number of nitrogens with zero attached hydrogens (tertiary/aromatic N) is 1. The van der Waals surface area contributed by atoms with E-state index < -0.39 is 35.5 Å². The lowest BCUT2D eigenvalue weighted by Gasteiger charge is -2.23. The van der Waals surface area contributed by atoms with Crippen LogP contribution in [0, 0.1) is 5.92 Å². The van der Waals surface area contributed by atoms with Crippen molar-refractivity contribution in [3.8, 4) is 0 Å². The fourth-order valence-corrected chi connectivity index (χ4v) is 2.86. The lowest BCUT2D eigenvalue weighted by Crippen LogP contribution is -2.42. The SMILES string of the molecule is CC(C)(C)OC(=O)N[C@@H](CC(=O)ON1C(=O)c2ccccc2C1=O)C1CC1. The number of ether oxygens (including phenoxy) is 1. The highest BCUT2D eigenvalue weighted by atomic mass is 16.7. The minimum atomic E-state index is -0.766. The molecule has 0 aromatic heterocycles. The number of alkyl carbamates (subject to hydrolysis) is 1. The number of hydroxylamine groups is 2. The van der Waals surface area contributed by atoms with E-state index in [-0.39, 0.29) is 23.5 Å². The highest BCUT2D eigenvalue weighted by Gasteiger charge is 2.40. The van der Waals surface area contributed by atoms with E-state index in [4.69, 9.17) is 9.57 Å². The number of carbonyl (C=O) groups is 4. The number of benzene rings is 1. The van der Waals surface area contributed by atoms with Crippen molar-refractivity contribution < 1.29 is 28.8 Å². The molecule has 1 N–H and O–H groups in total. The third kappa shape index (κ3) is 4.45. The minimum absolute atomic E-state index is 0.146. The van der Waals surface area contributed by atoms with Crippen molar-refractivity contribution in [2.75, 3.05) is 0 Å². The average Bonchev–Trinajstić information content (AvgIpc) is 3.38. The lowest BCUT2D eigenvalue weighted by atomic mass is 10.1. The second-order valence-corrected chi connectivity index (χ2v) is 7.71. The van der Waals surface area contributed by atoms with Crippen molar-refractivity contribution in [2.45, 2.75) is 51.7 Å². The molecule has 27 heavy (non-hydrogen) atoms. The Balaban J connectivity index is 1.60. The van der Waals surface area contributed by atoms with Gasteiger partial charge in [-0.15, -0.1) is 0 Å². The molecule has 3 rings (SSSR count). The van der Waals surface area contributed by atoms with Gasteiger partial charge in [-0.05, 0) is 51.7 Å². The molecule has 0 saturated heterocycles. The second kappa shape index (κ2) is 7.02. The van der Waals surface area contributed by atoms with E-state index >= 15 is 0 Å². The van der Waals surface area contributed by atoms with Gasteiger partial charge in [0, 0.05) is 6.04 Å². The van der Waals surface area contributed by atoms with Crippen molar-refractivity contribution >= 4 is 23.9 Å². The number of carbonyl (C=O) groups excluding carboxylic acids is 4. The van der Waals surface area contributed by atoms with Crippen LogP contribution in [0.4, 0.5) is 4.79 Å². The standard InChI is InChI=1S/C19H22N2O6/c1-19(2,3)26-18(25)20-14(11-8-9-11)10-15(22)27-21-16(23)12-6-4-5-7-13(12)17(21)24/h4-7,11,14H,8-10H2,1-3H3,(H,20,25)/t14-/m0/s1. The summed E-state index contributed by atoms with van der Waals surface area (Å²) in [4.78, 5) is 53.8. The summed E-state index contributed by atoms with van der Waals surface area (Å²) in [6, 6.07) is 5.79. The summed E-state index contributed by atoms with van der Waals surface area (Å²) in [5.74, 6) is -1.97. The van der Waals surface area contributed by atoms with E-state index in [9.17, 15) is 19.2 Å². The molecule has 1 saturated carbocycles. The van der Waals surface area contributed by atoms with Crippen molar-refractivity contribution in [1.82, 2.24) is 10.4 Å². The smallest absolute Gasteiger partial charge is 0.407 e. The summed E-state index contributed by atoms with van der Waals surface area (Å²) in [5, 5.41) is 3.16. The van der Waals surface area contributed by atoms with Gasteiger partial charge in [-0.3, -0.25) is 9.59 Å². The normalized spacial score (nSPS) is 17.4. The molecule has 3 amide bonds. The molecular formula is C19H22N2O6. The van der Waals surface area contributed by atoms with Gasteiger partial charge in [0.05, 0.1) is 17.5 Å². The highest BCUT2D eigenvalue weighted by Crippen LogP contribution is 2.34. The number of amides is 3. The lowest BCUT2D eigenvalue weighted by molar-refractivity contribution is -0.169. The molecule has 1 fully saturated rings. The second-order valence-electron chi connectivity index (χ2n) is 7.71. The van der Waals surface area contributed by atoms with Crippen molar-refractivity contribution in [1.29, 1.82) is 0 Å². The van der Waals surface area contributed by atoms with Crippen LogP contribution in [0.3, 0.4) is 0 Å². The summed E-state index contributed by atoms with van der Waals surface area (Å²) in [6.45, 7) is 5.24. The van der Waals surface area contributed by atoms with E-state index in [0.717, 1.165) is 12.8 Å². The minimum Gasteiger partial charge on any atom is -0.444 e. The van der Waals surface area contributed by atoms with Crippen LogP contribution in [-0.2, 0) is 14.4 Å². The van der Waals surface area contributed by atoms with Crippen LogP contribution in [0.15, 0.2) is 24.3 Å². The Morgan fingerprint density at radius 3 is 2.19 bits per heavy atom. The van der Waals surface area contributed by atoms with E-state index in [1.165, 1.54) is 12.1 Å². The van der Waals surface area contributed by atoms with Gasteiger partial charge in [0.15, 0.2) is 0 Å². The number of hydrogen-bond donors (Lipinski definition) is 1. The Labute approximate surface area is 156 Å². The van der Waals surface area contributed by atoms with Gasteiger partial charge in [0.25, 0.3) is 11.8 Å². The predicted molar refractivity (Wildman–Crippen MR) is 93.5 cm³/mol. The Morgan fingerprint density at radius 2 is 1.70 bits per heavy atom. The van der Waals surface area contributed by atoms with Crippen molar-refractivity contribution in [2.24, 2.45) is 5.92 Å². The van der Waals surface area contributed by atoms with Gasteiger partial charge >= 0.3 is 12.1 Å². The quantitative estimate of drug-likeness (QED) is 0.794. The zero-order valence-corrected chi connectivity index (χ0v) is 15.5. The first-order valence-corrected chi connectivity index (χ1v) is 8.84. The zero-order valence-electron chi connectivity index (χ0n) is 15.5. The predicted octanol–water partition coefficient (Wildman–Crippen LogP) is 2.43. The molecule has 8 heteroatoms. The van der Waals surface area contributed by atoms with Crippen LogP contribution in [0.5, 0.6) is 0 Å². The number of fused-ring (bicyclic) bond motifs is 1. The molecular weight excluding hydrogens is 352 g/mol. The van der Waals surface area contributed by atoms with Crippen molar-refractivity contribution in [3.05, 3.63) is 35.4 Å². The van der Waals surface area contributed by atoms with Gasteiger partial charge < -0.3 is 14.9 Å². The molecule has 1 atom stereocenters. The average molecular weight is 374 g/mol. The number of imide groups is 1. The van der Waals surface area contributed by atoms with E-state index in [0.29, 0.717) is 5.06 Å². The molecule has 1 aromatic carbocycles. The Hall–Kier alpha value is -2.90. The molecule has 0 bridgehead atoms. The Bertz CT molecular complexity index is 759. The van der Waals surface area contributed by atoms with Crippen LogP contribution in [0.25, 0.3) is 0 Å². The summed E-state index contributed by atoms with van der Waals surface area (Å²) in [5.41, 5.74) is -0.263. The third-order valence-corrected chi connectivity index (χ3v) is 4.23. The van der Waals surface area contributed by atoms with E-state index in [1.54, 1.807) is 32.9 Å². The van der Waals surface area contributed by atoms with Gasteiger partial charge in [0.2, 0.25) is 0 Å². The zero-order chi connectivity index (χ0) is 19.8. The molecule has 0 radical (unpaired) electrons. The van der Waals surface area contributed by atoms with Gasteiger partial charge in [-0.1, -0.05) is 17.2 Å². The molecule has 1 aliphatic carbocycles. The number of hydrogen-bond acceptors (Lipinski definition) is 6. The van der Waals surface area contributed by atoms with Gasteiger partial charge in [-0.25, -0.2) is 9.59 Å². The van der Waals surface area contributed by atoms with Crippen LogP contribution in [0.2, 0.25) is 0 Å². The summed E-state index contributed by atoms with van der Waals surface area (Å²) < 4.78 is 5.22. The van der Waals surface area contributed by atoms with Gasteiger partial charge in [-0.2, -0.15) is 0 Å². The molecule has 1 heterocycles. The molecule has 1 aliphatic heterocycles. The summed E-state index contributed by atoms with van der Waals surface area (Å²) >= 11 is 0. The monoisotopic (exact) mass is 374 g/mol. The Kier molecular flexibility index (Phi) is 4.91. The molecule has 0 unspecified atom stereocenters. The topological polar surface area (TPSA) is 102 Å². The maximum atomic E-state index is 12.3.